The first-order chi connectivity index (χ1) is 20.6. The van der Waals surface area contributed by atoms with Crippen molar-refractivity contribution in [3.63, 3.8) is 0 Å². The summed E-state index contributed by atoms with van der Waals surface area (Å²) in [6, 6.07) is 27.4. The van der Waals surface area contributed by atoms with Crippen LogP contribution in [0.5, 0.6) is 0 Å². The lowest BCUT2D eigenvalue weighted by Gasteiger charge is -2.27. The van der Waals surface area contributed by atoms with Gasteiger partial charge in [-0.1, -0.05) is 36.4 Å². The monoisotopic (exact) mass is 569 g/mol. The third-order valence-corrected chi connectivity index (χ3v) is 9.49. The van der Waals surface area contributed by atoms with E-state index >= 15 is 0 Å². The van der Waals surface area contributed by atoms with Crippen molar-refractivity contribution in [1.82, 2.24) is 4.98 Å². The molecule has 3 aromatic heterocycles. The standard InChI is InChI=1S/C35H27N3O3S/c39-30-20-32(38-16-2-1-3-17-38)41-33-24(6-4-9-27(30)33)25-7-5-8-26-28-19-23(12-13-31(28)42-34(25)26)37-35(40)22-11-10-21-14-15-36-29(21)18-22/h4-15,18-20,36H,1-3,16-17H2,(H,37,40). The van der Waals surface area contributed by atoms with E-state index in [-0.39, 0.29) is 11.3 Å². The molecule has 4 heterocycles. The molecule has 8 rings (SSSR count). The molecule has 4 aromatic carbocycles. The van der Waals surface area contributed by atoms with Gasteiger partial charge in [0, 0.05) is 73.4 Å². The molecule has 1 amide bonds. The first kappa shape index (κ1) is 24.9. The Morgan fingerprint density at radius 3 is 2.55 bits per heavy atom. The number of nitrogens with zero attached hydrogens (tertiary/aromatic N) is 1. The highest BCUT2D eigenvalue weighted by Crippen LogP contribution is 2.42. The van der Waals surface area contributed by atoms with Gasteiger partial charge in [-0.3, -0.25) is 9.59 Å². The molecular formula is C35H27N3O3S. The Morgan fingerprint density at radius 1 is 0.833 bits per heavy atom. The number of hydrogen-bond acceptors (Lipinski definition) is 5. The van der Waals surface area contributed by atoms with Gasteiger partial charge in [0.25, 0.3) is 5.91 Å². The number of amides is 1. The summed E-state index contributed by atoms with van der Waals surface area (Å²) in [6.07, 6.45) is 5.29. The number of aromatic amines is 1. The molecular weight excluding hydrogens is 542 g/mol. The fourth-order valence-electron chi connectivity index (χ4n) is 6.13. The molecule has 1 aliphatic rings. The van der Waals surface area contributed by atoms with Crippen LogP contribution in [-0.2, 0) is 0 Å². The van der Waals surface area contributed by atoms with Crippen LogP contribution in [0.15, 0.2) is 100 Å². The summed E-state index contributed by atoms with van der Waals surface area (Å²) in [5.41, 5.74) is 4.83. The molecule has 1 fully saturated rings. The van der Waals surface area contributed by atoms with Crippen LogP contribution in [0.25, 0.3) is 53.2 Å². The van der Waals surface area contributed by atoms with E-state index in [1.54, 1.807) is 17.4 Å². The van der Waals surface area contributed by atoms with Crippen LogP contribution in [0.2, 0.25) is 0 Å². The average molecular weight is 570 g/mol. The third-order valence-electron chi connectivity index (χ3n) is 8.27. The summed E-state index contributed by atoms with van der Waals surface area (Å²) in [6.45, 7) is 1.81. The maximum absolute atomic E-state index is 13.2. The van der Waals surface area contributed by atoms with Crippen molar-refractivity contribution >= 4 is 70.9 Å². The quantitative estimate of drug-likeness (QED) is 0.223. The Labute approximate surface area is 245 Å². The Hall–Kier alpha value is -4.88. The van der Waals surface area contributed by atoms with E-state index in [0.29, 0.717) is 22.4 Å². The van der Waals surface area contributed by atoms with E-state index < -0.39 is 0 Å². The highest BCUT2D eigenvalue weighted by molar-refractivity contribution is 7.26. The van der Waals surface area contributed by atoms with Gasteiger partial charge in [0.05, 0.1) is 5.39 Å². The topological polar surface area (TPSA) is 78.3 Å². The summed E-state index contributed by atoms with van der Waals surface area (Å²) in [5.74, 6) is 0.500. The Kier molecular flexibility index (Phi) is 5.86. The van der Waals surface area contributed by atoms with Gasteiger partial charge in [-0.15, -0.1) is 11.3 Å². The van der Waals surface area contributed by atoms with E-state index in [0.717, 1.165) is 73.8 Å². The minimum atomic E-state index is -0.152. The first-order valence-electron chi connectivity index (χ1n) is 14.3. The molecule has 206 valence electrons. The van der Waals surface area contributed by atoms with Crippen LogP contribution in [0, 0.1) is 0 Å². The van der Waals surface area contributed by atoms with E-state index in [4.69, 9.17) is 4.42 Å². The zero-order chi connectivity index (χ0) is 28.2. The van der Waals surface area contributed by atoms with Gasteiger partial charge in [-0.25, -0.2) is 0 Å². The Morgan fingerprint density at radius 2 is 1.67 bits per heavy atom. The van der Waals surface area contributed by atoms with Gasteiger partial charge in [-0.2, -0.15) is 0 Å². The molecule has 7 aromatic rings. The van der Waals surface area contributed by atoms with Crippen LogP contribution in [0.1, 0.15) is 29.6 Å². The van der Waals surface area contributed by atoms with Gasteiger partial charge < -0.3 is 19.6 Å². The van der Waals surface area contributed by atoms with Gasteiger partial charge in [0.1, 0.15) is 5.58 Å². The second-order valence-electron chi connectivity index (χ2n) is 10.9. The van der Waals surface area contributed by atoms with Gasteiger partial charge in [0.15, 0.2) is 11.3 Å². The number of piperidine rings is 1. The van der Waals surface area contributed by atoms with Crippen LogP contribution >= 0.6 is 11.3 Å². The second kappa shape index (κ2) is 9.89. The van der Waals surface area contributed by atoms with Crippen molar-refractivity contribution in [2.75, 3.05) is 23.3 Å². The summed E-state index contributed by atoms with van der Waals surface area (Å²) in [4.78, 5) is 31.6. The van der Waals surface area contributed by atoms with E-state index in [9.17, 15) is 9.59 Å². The fraction of sp³-hybridized carbons (Fsp3) is 0.143. The van der Waals surface area contributed by atoms with Crippen LogP contribution in [0.3, 0.4) is 0 Å². The number of nitrogens with one attached hydrogen (secondary N) is 2. The van der Waals surface area contributed by atoms with Crippen molar-refractivity contribution in [3.8, 4) is 11.1 Å². The summed E-state index contributed by atoms with van der Waals surface area (Å²) in [5, 5.41) is 6.91. The summed E-state index contributed by atoms with van der Waals surface area (Å²) >= 11 is 1.71. The molecule has 1 saturated heterocycles. The predicted octanol–water partition coefficient (Wildman–Crippen LogP) is 8.55. The van der Waals surface area contributed by atoms with Crippen molar-refractivity contribution in [1.29, 1.82) is 0 Å². The lowest BCUT2D eigenvalue weighted by molar-refractivity contribution is 0.102. The summed E-state index contributed by atoms with van der Waals surface area (Å²) in [7, 11) is 0. The van der Waals surface area contributed by atoms with Gasteiger partial charge in [-0.05, 0) is 67.1 Å². The van der Waals surface area contributed by atoms with E-state index in [1.165, 1.54) is 6.42 Å². The zero-order valence-electron chi connectivity index (χ0n) is 22.8. The van der Waals surface area contributed by atoms with Crippen molar-refractivity contribution in [2.24, 2.45) is 0 Å². The molecule has 42 heavy (non-hydrogen) atoms. The number of thiophene rings is 1. The molecule has 0 spiro atoms. The minimum Gasteiger partial charge on any atom is -0.440 e. The number of benzene rings is 4. The number of para-hydroxylation sites is 1. The number of rotatable bonds is 4. The SMILES string of the molecule is O=C(Nc1ccc2sc3c(-c4cccc5c(=O)cc(N6CCCCC6)oc45)cccc3c2c1)c1ccc2cc[nH]c2c1. The normalized spacial score (nSPS) is 13.9. The van der Waals surface area contributed by atoms with Crippen LogP contribution < -0.4 is 15.6 Å². The maximum atomic E-state index is 13.2. The Bertz CT molecular complexity index is 2220. The number of fused-ring (bicyclic) bond motifs is 5. The minimum absolute atomic E-state index is 0.0158. The van der Waals surface area contributed by atoms with Crippen LogP contribution in [-0.4, -0.2) is 24.0 Å². The molecule has 0 radical (unpaired) electrons. The molecule has 0 unspecified atom stereocenters. The molecule has 2 N–H and O–H groups in total. The fourth-order valence-corrected chi connectivity index (χ4v) is 7.34. The maximum Gasteiger partial charge on any atom is 0.255 e. The summed E-state index contributed by atoms with van der Waals surface area (Å²) < 4.78 is 8.74. The Balaban J connectivity index is 1.21. The van der Waals surface area contributed by atoms with Gasteiger partial charge >= 0.3 is 0 Å². The van der Waals surface area contributed by atoms with Crippen LogP contribution in [0.4, 0.5) is 11.6 Å². The molecule has 7 heteroatoms. The van der Waals surface area contributed by atoms with E-state index in [2.05, 4.69) is 33.4 Å². The molecule has 0 saturated carbocycles. The molecule has 0 bridgehead atoms. The van der Waals surface area contributed by atoms with Crippen molar-refractivity contribution in [2.45, 2.75) is 19.3 Å². The lowest BCUT2D eigenvalue weighted by atomic mass is 10.0. The molecule has 0 aliphatic carbocycles. The largest absolute Gasteiger partial charge is 0.440 e. The first-order valence-corrected chi connectivity index (χ1v) is 15.1. The highest BCUT2D eigenvalue weighted by Gasteiger charge is 2.19. The lowest BCUT2D eigenvalue weighted by Crippen LogP contribution is -2.30. The number of carbonyl (C=O) groups is 1. The number of hydrogen-bond donors (Lipinski definition) is 2. The highest BCUT2D eigenvalue weighted by atomic mass is 32.1. The second-order valence-corrected chi connectivity index (χ2v) is 12.0. The van der Waals surface area contributed by atoms with Crippen molar-refractivity contribution in [3.05, 3.63) is 107 Å². The van der Waals surface area contributed by atoms with Crippen molar-refractivity contribution < 1.29 is 9.21 Å². The number of carbonyl (C=O) groups excluding carboxylic acids is 1. The molecule has 6 nitrogen and oxygen atoms in total. The average Bonchev–Trinajstić information content (AvgIpc) is 3.65. The zero-order valence-corrected chi connectivity index (χ0v) is 23.6. The van der Waals surface area contributed by atoms with Gasteiger partial charge in [0.2, 0.25) is 0 Å². The predicted molar refractivity (Wildman–Crippen MR) is 173 cm³/mol. The number of aromatic nitrogens is 1. The van der Waals surface area contributed by atoms with E-state index in [1.807, 2.05) is 66.9 Å². The smallest absolute Gasteiger partial charge is 0.255 e. The third kappa shape index (κ3) is 4.16. The number of H-pyrrole nitrogens is 1. The number of anilines is 2. The molecule has 0 atom stereocenters. The molecule has 1 aliphatic heterocycles.